The van der Waals surface area contributed by atoms with E-state index >= 15 is 0 Å². The summed E-state index contributed by atoms with van der Waals surface area (Å²) in [6.07, 6.45) is 1.81. The molecule has 0 atom stereocenters. The Morgan fingerprint density at radius 3 is 2.48 bits per heavy atom. The van der Waals surface area contributed by atoms with Gasteiger partial charge in [-0.3, -0.25) is 9.10 Å². The van der Waals surface area contributed by atoms with Gasteiger partial charge in [-0.2, -0.15) is 0 Å². The molecule has 2 rings (SSSR count). The van der Waals surface area contributed by atoms with Crippen LogP contribution in [0.1, 0.15) is 30.1 Å². The summed E-state index contributed by atoms with van der Waals surface area (Å²) in [4.78, 5) is 12.1. The molecule has 0 heterocycles. The van der Waals surface area contributed by atoms with Crippen molar-refractivity contribution in [1.29, 1.82) is 0 Å². The standard InChI is InChI=1S/C18H21FN2O3S/c1-3-4-12-20-18(22)14-6-5-7-17(13-14)25(23,24)21(2)16-10-8-15(19)9-11-16/h5-11,13H,3-4,12H2,1-2H3,(H,20,22). The number of unbranched alkanes of at least 4 members (excludes halogenated alkanes) is 1. The summed E-state index contributed by atoms with van der Waals surface area (Å²) >= 11 is 0. The van der Waals surface area contributed by atoms with E-state index in [-0.39, 0.29) is 16.4 Å². The molecule has 25 heavy (non-hydrogen) atoms. The SMILES string of the molecule is CCCCNC(=O)c1cccc(S(=O)(=O)N(C)c2ccc(F)cc2)c1. The molecule has 7 heteroatoms. The summed E-state index contributed by atoms with van der Waals surface area (Å²) in [6, 6.07) is 11.0. The molecular weight excluding hydrogens is 343 g/mol. The molecule has 0 radical (unpaired) electrons. The molecule has 0 saturated heterocycles. The summed E-state index contributed by atoms with van der Waals surface area (Å²) in [6.45, 7) is 2.56. The molecule has 0 unspecified atom stereocenters. The Hall–Kier alpha value is -2.41. The summed E-state index contributed by atoms with van der Waals surface area (Å²) in [5.41, 5.74) is 0.615. The van der Waals surface area contributed by atoms with Crippen LogP contribution in [0.3, 0.4) is 0 Å². The Bertz CT molecular complexity index is 836. The fraction of sp³-hybridized carbons (Fsp3) is 0.278. The minimum atomic E-state index is -3.86. The van der Waals surface area contributed by atoms with Crippen molar-refractivity contribution in [1.82, 2.24) is 5.32 Å². The van der Waals surface area contributed by atoms with Gasteiger partial charge in [0.15, 0.2) is 0 Å². The van der Waals surface area contributed by atoms with E-state index in [1.807, 2.05) is 6.92 Å². The molecule has 0 saturated carbocycles. The molecule has 0 aliphatic rings. The van der Waals surface area contributed by atoms with E-state index in [0.29, 0.717) is 12.2 Å². The van der Waals surface area contributed by atoms with Crippen molar-refractivity contribution in [3.8, 4) is 0 Å². The quantitative estimate of drug-likeness (QED) is 0.768. The van der Waals surface area contributed by atoms with Crippen molar-refractivity contribution in [3.05, 3.63) is 59.9 Å². The van der Waals surface area contributed by atoms with E-state index in [0.717, 1.165) is 17.1 Å². The first-order chi connectivity index (χ1) is 11.9. The first-order valence-electron chi connectivity index (χ1n) is 7.99. The van der Waals surface area contributed by atoms with Crippen molar-refractivity contribution in [2.75, 3.05) is 17.9 Å². The second-order valence-corrected chi connectivity index (χ2v) is 7.56. The smallest absolute Gasteiger partial charge is 0.264 e. The molecule has 0 aliphatic heterocycles. The number of carbonyl (C=O) groups is 1. The van der Waals surface area contributed by atoms with E-state index < -0.39 is 15.8 Å². The van der Waals surface area contributed by atoms with Crippen molar-refractivity contribution in [2.24, 2.45) is 0 Å². The highest BCUT2D eigenvalue weighted by atomic mass is 32.2. The van der Waals surface area contributed by atoms with Gasteiger partial charge >= 0.3 is 0 Å². The van der Waals surface area contributed by atoms with E-state index in [1.54, 1.807) is 6.07 Å². The number of amides is 1. The van der Waals surface area contributed by atoms with E-state index in [2.05, 4.69) is 5.32 Å². The highest BCUT2D eigenvalue weighted by Gasteiger charge is 2.22. The summed E-state index contributed by atoms with van der Waals surface area (Å²) in [5.74, 6) is -0.754. The average molecular weight is 364 g/mol. The third-order valence-corrected chi connectivity index (χ3v) is 5.54. The molecule has 5 nitrogen and oxygen atoms in total. The van der Waals surface area contributed by atoms with Crippen LogP contribution in [0.4, 0.5) is 10.1 Å². The minimum Gasteiger partial charge on any atom is -0.352 e. The van der Waals surface area contributed by atoms with Crippen LogP contribution in [0.5, 0.6) is 0 Å². The Morgan fingerprint density at radius 2 is 1.84 bits per heavy atom. The second kappa shape index (κ2) is 8.11. The normalized spacial score (nSPS) is 11.2. The molecule has 0 fully saturated rings. The number of anilines is 1. The van der Waals surface area contributed by atoms with Crippen LogP contribution in [-0.4, -0.2) is 27.9 Å². The zero-order valence-electron chi connectivity index (χ0n) is 14.2. The molecule has 134 valence electrons. The second-order valence-electron chi connectivity index (χ2n) is 5.59. The Labute approximate surface area is 147 Å². The Morgan fingerprint density at radius 1 is 1.16 bits per heavy atom. The predicted molar refractivity (Wildman–Crippen MR) is 95.7 cm³/mol. The van der Waals surface area contributed by atoms with E-state index in [9.17, 15) is 17.6 Å². The predicted octanol–water partition coefficient (Wildman–Crippen LogP) is 3.18. The molecule has 0 aromatic heterocycles. The topological polar surface area (TPSA) is 66.5 Å². The first-order valence-corrected chi connectivity index (χ1v) is 9.43. The highest BCUT2D eigenvalue weighted by Crippen LogP contribution is 2.22. The first kappa shape index (κ1) is 18.9. The van der Waals surface area contributed by atoms with Crippen LogP contribution in [0, 0.1) is 5.82 Å². The van der Waals surface area contributed by atoms with Gasteiger partial charge in [0.2, 0.25) is 0 Å². The maximum Gasteiger partial charge on any atom is 0.264 e. The number of rotatable bonds is 7. The lowest BCUT2D eigenvalue weighted by atomic mass is 10.2. The number of halogens is 1. The van der Waals surface area contributed by atoms with Gasteiger partial charge in [-0.1, -0.05) is 19.4 Å². The maximum absolute atomic E-state index is 13.0. The van der Waals surface area contributed by atoms with Crippen molar-refractivity contribution < 1.29 is 17.6 Å². The molecular formula is C18H21FN2O3S. The monoisotopic (exact) mass is 364 g/mol. The number of nitrogens with one attached hydrogen (secondary N) is 1. The van der Waals surface area contributed by atoms with Crippen molar-refractivity contribution >= 4 is 21.6 Å². The lowest BCUT2D eigenvalue weighted by Crippen LogP contribution is -2.28. The molecule has 2 aromatic rings. The van der Waals surface area contributed by atoms with Crippen molar-refractivity contribution in [2.45, 2.75) is 24.7 Å². The van der Waals surface area contributed by atoms with Gasteiger partial charge in [-0.25, -0.2) is 12.8 Å². The minimum absolute atomic E-state index is 0.00228. The summed E-state index contributed by atoms with van der Waals surface area (Å²) < 4.78 is 39.6. The lowest BCUT2D eigenvalue weighted by Gasteiger charge is -2.19. The molecule has 0 spiro atoms. The largest absolute Gasteiger partial charge is 0.352 e. The van der Waals surface area contributed by atoms with Gasteiger partial charge in [-0.15, -0.1) is 0 Å². The fourth-order valence-electron chi connectivity index (χ4n) is 2.23. The van der Waals surface area contributed by atoms with Crippen molar-refractivity contribution in [3.63, 3.8) is 0 Å². The summed E-state index contributed by atoms with van der Waals surface area (Å²) in [7, 11) is -2.47. The maximum atomic E-state index is 13.0. The van der Waals surface area contributed by atoms with Crippen LogP contribution in [0.15, 0.2) is 53.4 Å². The molecule has 2 aromatic carbocycles. The van der Waals surface area contributed by atoms with Gasteiger partial charge in [0.1, 0.15) is 5.82 Å². The van der Waals surface area contributed by atoms with Gasteiger partial charge in [0.25, 0.3) is 15.9 Å². The number of carbonyl (C=O) groups excluding carboxylic acids is 1. The fourth-order valence-corrected chi connectivity index (χ4v) is 3.47. The van der Waals surface area contributed by atoms with Gasteiger partial charge in [0.05, 0.1) is 10.6 Å². The zero-order valence-corrected chi connectivity index (χ0v) is 15.0. The average Bonchev–Trinajstić information content (AvgIpc) is 2.62. The molecule has 1 N–H and O–H groups in total. The summed E-state index contributed by atoms with van der Waals surface area (Å²) in [5, 5.41) is 2.76. The van der Waals surface area contributed by atoms with Crippen LogP contribution in [0.2, 0.25) is 0 Å². The van der Waals surface area contributed by atoms with Crippen LogP contribution in [-0.2, 0) is 10.0 Å². The number of nitrogens with zero attached hydrogens (tertiary/aromatic N) is 1. The van der Waals surface area contributed by atoms with Crippen LogP contribution >= 0.6 is 0 Å². The number of hydrogen-bond donors (Lipinski definition) is 1. The van der Waals surface area contributed by atoms with Gasteiger partial charge in [-0.05, 0) is 48.9 Å². The van der Waals surface area contributed by atoms with Gasteiger partial charge in [0, 0.05) is 19.2 Å². The molecule has 0 bridgehead atoms. The third kappa shape index (κ3) is 4.57. The van der Waals surface area contributed by atoms with Crippen LogP contribution < -0.4 is 9.62 Å². The van der Waals surface area contributed by atoms with E-state index in [1.165, 1.54) is 49.5 Å². The Kier molecular flexibility index (Phi) is 6.14. The Balaban J connectivity index is 2.26. The third-order valence-electron chi connectivity index (χ3n) is 3.76. The lowest BCUT2D eigenvalue weighted by molar-refractivity contribution is 0.0953. The molecule has 0 aliphatic carbocycles. The van der Waals surface area contributed by atoms with Gasteiger partial charge < -0.3 is 5.32 Å². The number of hydrogen-bond acceptors (Lipinski definition) is 3. The highest BCUT2D eigenvalue weighted by molar-refractivity contribution is 7.92. The zero-order chi connectivity index (χ0) is 18.4. The number of sulfonamides is 1. The number of benzene rings is 2. The van der Waals surface area contributed by atoms with Crippen LogP contribution in [0.25, 0.3) is 0 Å². The van der Waals surface area contributed by atoms with E-state index in [4.69, 9.17) is 0 Å². The molecule has 1 amide bonds.